The Kier molecular flexibility index (Phi) is 7.35. The van der Waals surface area contributed by atoms with Crippen molar-refractivity contribution in [2.24, 2.45) is 4.99 Å². The summed E-state index contributed by atoms with van der Waals surface area (Å²) in [5.74, 6) is 0.203. The standard InChI is InChI=1S/C29H31FN6O2/c1-18(2)31-12-5-13-32-25-16-27(38-23-7-4-6-21(30)15-23)35-36-26(17-33-28(25)36)20-8-11-24(19(3)14-20)29(37)34-22-9-10-22/h4,6-8,11,14-17,22,32H,5,9-10,12-13H2,1-3H3,(H,34,37). The molecule has 4 aromatic rings. The molecule has 2 heterocycles. The summed E-state index contributed by atoms with van der Waals surface area (Å²) in [6, 6.07) is 13.7. The van der Waals surface area contributed by atoms with Gasteiger partial charge in [-0.05, 0) is 69.9 Å². The molecule has 1 amide bonds. The molecule has 0 aliphatic heterocycles. The van der Waals surface area contributed by atoms with Crippen LogP contribution in [-0.4, -0.2) is 45.3 Å². The van der Waals surface area contributed by atoms with Crippen LogP contribution < -0.4 is 15.4 Å². The zero-order chi connectivity index (χ0) is 26.6. The monoisotopic (exact) mass is 514 g/mol. The van der Waals surface area contributed by atoms with Crippen molar-refractivity contribution < 1.29 is 13.9 Å². The van der Waals surface area contributed by atoms with E-state index in [0.717, 1.165) is 54.0 Å². The van der Waals surface area contributed by atoms with Gasteiger partial charge in [-0.3, -0.25) is 9.79 Å². The summed E-state index contributed by atoms with van der Waals surface area (Å²) in [5, 5.41) is 11.1. The number of ether oxygens (including phenoxy) is 1. The first-order chi connectivity index (χ1) is 18.4. The molecule has 38 heavy (non-hydrogen) atoms. The lowest BCUT2D eigenvalue weighted by molar-refractivity contribution is 0.0950. The van der Waals surface area contributed by atoms with E-state index in [1.165, 1.54) is 12.1 Å². The number of nitrogens with one attached hydrogen (secondary N) is 2. The molecule has 2 aromatic carbocycles. The summed E-state index contributed by atoms with van der Waals surface area (Å²) in [4.78, 5) is 21.7. The van der Waals surface area contributed by atoms with Gasteiger partial charge in [0.25, 0.3) is 5.91 Å². The Bertz CT molecular complexity index is 1500. The van der Waals surface area contributed by atoms with Crippen molar-refractivity contribution >= 4 is 23.0 Å². The molecule has 9 heteroatoms. The molecular formula is C29H31FN6O2. The maximum Gasteiger partial charge on any atom is 0.251 e. The maximum atomic E-state index is 13.8. The van der Waals surface area contributed by atoms with Gasteiger partial charge in [0.2, 0.25) is 5.88 Å². The van der Waals surface area contributed by atoms with Gasteiger partial charge in [0.1, 0.15) is 11.6 Å². The molecule has 5 rings (SSSR count). The summed E-state index contributed by atoms with van der Waals surface area (Å²) < 4.78 is 21.4. The number of aryl methyl sites for hydroxylation is 1. The first kappa shape index (κ1) is 25.4. The van der Waals surface area contributed by atoms with Gasteiger partial charge in [0.05, 0.1) is 17.6 Å². The molecule has 1 fully saturated rings. The largest absolute Gasteiger partial charge is 0.437 e. The van der Waals surface area contributed by atoms with Gasteiger partial charge in [-0.15, -0.1) is 5.10 Å². The fourth-order valence-corrected chi connectivity index (χ4v) is 4.15. The van der Waals surface area contributed by atoms with Crippen LogP contribution in [0.25, 0.3) is 16.9 Å². The Morgan fingerprint density at radius 1 is 1.18 bits per heavy atom. The molecule has 0 atom stereocenters. The number of benzene rings is 2. The van der Waals surface area contributed by atoms with Crippen molar-refractivity contribution in [1.29, 1.82) is 0 Å². The van der Waals surface area contributed by atoms with Gasteiger partial charge in [-0.2, -0.15) is 0 Å². The second-order valence-corrected chi connectivity index (χ2v) is 9.72. The molecule has 1 aliphatic rings. The molecule has 2 aromatic heterocycles. The molecule has 1 saturated carbocycles. The number of fused-ring (bicyclic) bond motifs is 1. The SMILES string of the molecule is CC(C)=NCCCNc1cc(Oc2cccc(F)c2)nn2c(-c3ccc(C(=O)NC4CC4)c(C)c3)cnc12. The van der Waals surface area contributed by atoms with Gasteiger partial charge < -0.3 is 15.4 Å². The predicted octanol–water partition coefficient (Wildman–Crippen LogP) is 5.81. The van der Waals surface area contributed by atoms with E-state index in [1.54, 1.807) is 28.9 Å². The molecule has 2 N–H and O–H groups in total. The normalized spacial score (nSPS) is 12.8. The van der Waals surface area contributed by atoms with Crippen LogP contribution >= 0.6 is 0 Å². The first-order valence-electron chi connectivity index (χ1n) is 12.8. The van der Waals surface area contributed by atoms with E-state index in [2.05, 4.69) is 25.7 Å². The van der Waals surface area contributed by atoms with Crippen LogP contribution in [0.4, 0.5) is 10.1 Å². The van der Waals surface area contributed by atoms with Gasteiger partial charge in [0, 0.05) is 48.1 Å². The fraction of sp³-hybridized carbons (Fsp3) is 0.310. The van der Waals surface area contributed by atoms with E-state index < -0.39 is 5.82 Å². The lowest BCUT2D eigenvalue weighted by atomic mass is 10.0. The third kappa shape index (κ3) is 5.99. The van der Waals surface area contributed by atoms with E-state index in [-0.39, 0.29) is 5.91 Å². The van der Waals surface area contributed by atoms with E-state index in [4.69, 9.17) is 4.74 Å². The van der Waals surface area contributed by atoms with Crippen molar-refractivity contribution in [2.45, 2.75) is 46.1 Å². The number of rotatable bonds is 10. The Hall–Kier alpha value is -4.27. The van der Waals surface area contributed by atoms with Crippen molar-refractivity contribution in [3.05, 3.63) is 71.7 Å². The van der Waals surface area contributed by atoms with Gasteiger partial charge >= 0.3 is 0 Å². The number of anilines is 1. The molecular weight excluding hydrogens is 483 g/mol. The number of hydrogen-bond donors (Lipinski definition) is 2. The minimum atomic E-state index is -0.390. The third-order valence-electron chi connectivity index (χ3n) is 6.22. The molecule has 0 unspecified atom stereocenters. The van der Waals surface area contributed by atoms with E-state index in [0.29, 0.717) is 35.4 Å². The summed E-state index contributed by atoms with van der Waals surface area (Å²) in [7, 11) is 0. The van der Waals surface area contributed by atoms with Crippen LogP contribution in [0.1, 0.15) is 49.0 Å². The Labute approximate surface area is 221 Å². The second kappa shape index (κ2) is 11.0. The molecule has 0 spiro atoms. The summed E-state index contributed by atoms with van der Waals surface area (Å²) in [5.41, 5.74) is 5.56. The first-order valence-corrected chi connectivity index (χ1v) is 12.8. The summed E-state index contributed by atoms with van der Waals surface area (Å²) in [6.45, 7) is 7.30. The highest BCUT2D eigenvalue weighted by Crippen LogP contribution is 2.30. The zero-order valence-electron chi connectivity index (χ0n) is 21.8. The number of amides is 1. The van der Waals surface area contributed by atoms with E-state index in [1.807, 2.05) is 39.0 Å². The number of aliphatic imine (C=N–C) groups is 1. The lowest BCUT2D eigenvalue weighted by Crippen LogP contribution is -2.26. The predicted molar refractivity (Wildman–Crippen MR) is 147 cm³/mol. The Morgan fingerprint density at radius 3 is 2.76 bits per heavy atom. The molecule has 1 aliphatic carbocycles. The van der Waals surface area contributed by atoms with Gasteiger partial charge in [0.15, 0.2) is 5.65 Å². The smallest absolute Gasteiger partial charge is 0.251 e. The molecule has 0 radical (unpaired) electrons. The van der Waals surface area contributed by atoms with Gasteiger partial charge in [-0.1, -0.05) is 12.1 Å². The number of halogens is 1. The molecule has 0 saturated heterocycles. The highest BCUT2D eigenvalue weighted by Gasteiger charge is 2.24. The quantitative estimate of drug-likeness (QED) is 0.206. The highest BCUT2D eigenvalue weighted by molar-refractivity contribution is 5.96. The van der Waals surface area contributed by atoms with Crippen molar-refractivity contribution in [3.8, 4) is 22.9 Å². The van der Waals surface area contributed by atoms with Crippen LogP contribution in [0.15, 0.2) is 59.7 Å². The number of hydrogen-bond acceptors (Lipinski definition) is 6. The van der Waals surface area contributed by atoms with Crippen LogP contribution in [0.3, 0.4) is 0 Å². The van der Waals surface area contributed by atoms with Crippen LogP contribution in [0.2, 0.25) is 0 Å². The van der Waals surface area contributed by atoms with E-state index >= 15 is 0 Å². The summed E-state index contributed by atoms with van der Waals surface area (Å²) >= 11 is 0. The average Bonchev–Trinajstić information content (AvgIpc) is 3.58. The number of carbonyl (C=O) groups excluding carboxylic acids is 1. The summed E-state index contributed by atoms with van der Waals surface area (Å²) in [6.07, 6.45) is 4.68. The Balaban J connectivity index is 1.47. The second-order valence-electron chi connectivity index (χ2n) is 9.72. The van der Waals surface area contributed by atoms with E-state index in [9.17, 15) is 9.18 Å². The minimum absolute atomic E-state index is 0.0484. The van der Waals surface area contributed by atoms with Crippen molar-refractivity contribution in [3.63, 3.8) is 0 Å². The number of imidazole rings is 1. The lowest BCUT2D eigenvalue weighted by Gasteiger charge is -2.12. The minimum Gasteiger partial charge on any atom is -0.437 e. The number of aromatic nitrogens is 3. The topological polar surface area (TPSA) is 92.9 Å². The van der Waals surface area contributed by atoms with Gasteiger partial charge in [-0.25, -0.2) is 13.9 Å². The fourth-order valence-electron chi connectivity index (χ4n) is 4.15. The van der Waals surface area contributed by atoms with Crippen LogP contribution in [-0.2, 0) is 0 Å². The van der Waals surface area contributed by atoms with Crippen molar-refractivity contribution in [2.75, 3.05) is 18.4 Å². The Morgan fingerprint density at radius 2 is 2.03 bits per heavy atom. The third-order valence-corrected chi connectivity index (χ3v) is 6.22. The van der Waals surface area contributed by atoms with Crippen LogP contribution in [0, 0.1) is 12.7 Å². The molecule has 0 bridgehead atoms. The highest BCUT2D eigenvalue weighted by atomic mass is 19.1. The number of carbonyl (C=O) groups is 1. The van der Waals surface area contributed by atoms with Crippen molar-refractivity contribution in [1.82, 2.24) is 19.9 Å². The number of nitrogens with zero attached hydrogens (tertiary/aromatic N) is 4. The average molecular weight is 515 g/mol. The maximum absolute atomic E-state index is 13.8. The van der Waals surface area contributed by atoms with Crippen LogP contribution in [0.5, 0.6) is 11.6 Å². The zero-order valence-corrected chi connectivity index (χ0v) is 21.8. The molecule has 8 nitrogen and oxygen atoms in total. The molecule has 196 valence electrons.